The van der Waals surface area contributed by atoms with Gasteiger partial charge in [0.1, 0.15) is 11.6 Å². The molecule has 3 heteroatoms. The molecule has 1 unspecified atom stereocenters. The Morgan fingerprint density at radius 1 is 1.46 bits per heavy atom. The first kappa shape index (κ1) is 8.26. The molecule has 1 aromatic carbocycles. The molecule has 68 valence electrons. The van der Waals surface area contributed by atoms with Gasteiger partial charge in [0.05, 0.1) is 0 Å². The van der Waals surface area contributed by atoms with Gasteiger partial charge in [-0.3, -0.25) is 0 Å². The highest BCUT2D eigenvalue weighted by atomic mass is 16.4. The van der Waals surface area contributed by atoms with Crippen molar-refractivity contribution in [2.24, 2.45) is 0 Å². The van der Waals surface area contributed by atoms with Crippen LogP contribution in [-0.2, 0) is 0 Å². The summed E-state index contributed by atoms with van der Waals surface area (Å²) in [5.74, 6) is 0.376. The number of fused-ring (bicyclic) bond motifs is 1. The highest BCUT2D eigenvalue weighted by molar-refractivity contribution is 5.73. The largest absolute Gasteiger partial charge is 0.438 e. The van der Waals surface area contributed by atoms with Crippen molar-refractivity contribution in [2.45, 2.75) is 20.0 Å². The minimum absolute atomic E-state index is 0.376. The highest BCUT2D eigenvalue weighted by Gasteiger charge is 2.09. The second-order valence-electron chi connectivity index (χ2n) is 3.20. The molecule has 0 radical (unpaired) electrons. The molecule has 1 aromatic heterocycles. The molecule has 0 aliphatic heterocycles. The van der Waals surface area contributed by atoms with E-state index in [2.05, 4.69) is 4.98 Å². The molecule has 0 fully saturated rings. The molecule has 1 heterocycles. The number of aryl methyl sites for hydroxylation is 1. The monoisotopic (exact) mass is 177 g/mol. The maximum absolute atomic E-state index is 9.24. The first-order valence-corrected chi connectivity index (χ1v) is 4.22. The van der Waals surface area contributed by atoms with E-state index in [1.807, 2.05) is 25.1 Å². The van der Waals surface area contributed by atoms with Gasteiger partial charge in [0.25, 0.3) is 0 Å². The van der Waals surface area contributed by atoms with E-state index in [0.717, 1.165) is 16.7 Å². The molecular formula is C10H11NO2. The van der Waals surface area contributed by atoms with Gasteiger partial charge in [-0.1, -0.05) is 6.07 Å². The summed E-state index contributed by atoms with van der Waals surface area (Å²) in [5.41, 5.74) is 2.65. The van der Waals surface area contributed by atoms with E-state index in [4.69, 9.17) is 4.42 Å². The molecule has 0 amide bonds. The lowest BCUT2D eigenvalue weighted by Gasteiger charge is -1.93. The van der Waals surface area contributed by atoms with Crippen LogP contribution in [0.2, 0.25) is 0 Å². The third-order valence-electron chi connectivity index (χ3n) is 1.92. The number of nitrogens with zero attached hydrogens (tertiary/aromatic N) is 1. The molecule has 0 saturated heterocycles. The fraction of sp³-hybridized carbons (Fsp3) is 0.300. The number of aromatic nitrogens is 1. The molecule has 1 N–H and O–H groups in total. The second kappa shape index (κ2) is 2.85. The fourth-order valence-electron chi connectivity index (χ4n) is 1.23. The van der Waals surface area contributed by atoms with Gasteiger partial charge in [-0.05, 0) is 31.5 Å². The highest BCUT2D eigenvalue weighted by Crippen LogP contribution is 2.20. The smallest absolute Gasteiger partial charge is 0.224 e. The molecule has 0 aliphatic carbocycles. The van der Waals surface area contributed by atoms with Gasteiger partial charge in [0.2, 0.25) is 5.89 Å². The van der Waals surface area contributed by atoms with Crippen molar-refractivity contribution in [3.8, 4) is 0 Å². The van der Waals surface area contributed by atoms with Crippen molar-refractivity contribution in [3.05, 3.63) is 29.7 Å². The van der Waals surface area contributed by atoms with E-state index in [-0.39, 0.29) is 0 Å². The lowest BCUT2D eigenvalue weighted by Crippen LogP contribution is -1.88. The van der Waals surface area contributed by atoms with Crippen molar-refractivity contribution in [2.75, 3.05) is 0 Å². The van der Waals surface area contributed by atoms with Gasteiger partial charge >= 0.3 is 0 Å². The standard InChI is InChI=1S/C10H11NO2/c1-6-3-4-8-9(5-6)13-10(11-8)7(2)12/h3-5,7,12H,1-2H3. The van der Waals surface area contributed by atoms with Gasteiger partial charge < -0.3 is 9.52 Å². The zero-order chi connectivity index (χ0) is 9.42. The Morgan fingerprint density at radius 2 is 2.23 bits per heavy atom. The average molecular weight is 177 g/mol. The van der Waals surface area contributed by atoms with Crippen LogP contribution in [0.15, 0.2) is 22.6 Å². The minimum atomic E-state index is -0.646. The van der Waals surface area contributed by atoms with Crippen LogP contribution in [0.3, 0.4) is 0 Å². The third kappa shape index (κ3) is 1.42. The summed E-state index contributed by atoms with van der Waals surface area (Å²) in [6.45, 7) is 3.63. The molecule has 13 heavy (non-hydrogen) atoms. The summed E-state index contributed by atoms with van der Waals surface area (Å²) in [5, 5.41) is 9.24. The zero-order valence-corrected chi connectivity index (χ0v) is 7.61. The van der Waals surface area contributed by atoms with E-state index in [1.54, 1.807) is 6.92 Å². The molecule has 3 nitrogen and oxygen atoms in total. The van der Waals surface area contributed by atoms with Crippen LogP contribution in [0.5, 0.6) is 0 Å². The van der Waals surface area contributed by atoms with Crippen molar-refractivity contribution in [3.63, 3.8) is 0 Å². The fourth-order valence-corrected chi connectivity index (χ4v) is 1.23. The summed E-state index contributed by atoms with van der Waals surface area (Å²) in [6, 6.07) is 5.77. The third-order valence-corrected chi connectivity index (χ3v) is 1.92. The number of hydrogen-bond acceptors (Lipinski definition) is 3. The first-order chi connectivity index (χ1) is 6.16. The summed E-state index contributed by atoms with van der Waals surface area (Å²) >= 11 is 0. The van der Waals surface area contributed by atoms with E-state index >= 15 is 0 Å². The van der Waals surface area contributed by atoms with E-state index in [0.29, 0.717) is 5.89 Å². The molecule has 0 bridgehead atoms. The van der Waals surface area contributed by atoms with Crippen molar-refractivity contribution in [1.82, 2.24) is 4.98 Å². The number of aliphatic hydroxyl groups excluding tert-OH is 1. The SMILES string of the molecule is Cc1ccc2nc(C(C)O)oc2c1. The van der Waals surface area contributed by atoms with Crippen LogP contribution in [0.4, 0.5) is 0 Å². The van der Waals surface area contributed by atoms with E-state index in [1.165, 1.54) is 0 Å². The van der Waals surface area contributed by atoms with Gasteiger partial charge in [0, 0.05) is 0 Å². The van der Waals surface area contributed by atoms with Gasteiger partial charge in [-0.15, -0.1) is 0 Å². The van der Waals surface area contributed by atoms with Crippen LogP contribution < -0.4 is 0 Å². The molecule has 1 atom stereocenters. The molecule has 0 saturated carbocycles. The number of rotatable bonds is 1. The topological polar surface area (TPSA) is 46.3 Å². The Hall–Kier alpha value is -1.35. The Balaban J connectivity index is 2.62. The molecule has 2 aromatic rings. The number of oxazole rings is 1. The number of aliphatic hydroxyl groups is 1. The summed E-state index contributed by atoms with van der Waals surface area (Å²) < 4.78 is 5.35. The molecular weight excluding hydrogens is 166 g/mol. The Morgan fingerprint density at radius 3 is 2.92 bits per heavy atom. The van der Waals surface area contributed by atoms with Crippen LogP contribution in [-0.4, -0.2) is 10.1 Å². The molecule has 0 aliphatic rings. The van der Waals surface area contributed by atoms with Gasteiger partial charge in [-0.25, -0.2) is 4.98 Å². The maximum Gasteiger partial charge on any atom is 0.224 e. The molecule has 2 rings (SSSR count). The van der Waals surface area contributed by atoms with E-state index in [9.17, 15) is 5.11 Å². The molecule has 0 spiro atoms. The van der Waals surface area contributed by atoms with Gasteiger partial charge in [-0.2, -0.15) is 0 Å². The minimum Gasteiger partial charge on any atom is -0.438 e. The summed E-state index contributed by atoms with van der Waals surface area (Å²) in [4.78, 5) is 4.14. The van der Waals surface area contributed by atoms with Crippen molar-refractivity contribution >= 4 is 11.1 Å². The average Bonchev–Trinajstić information content (AvgIpc) is 2.46. The summed E-state index contributed by atoms with van der Waals surface area (Å²) in [6.07, 6.45) is -0.646. The van der Waals surface area contributed by atoms with Crippen LogP contribution in [0.1, 0.15) is 24.5 Å². The van der Waals surface area contributed by atoms with Crippen LogP contribution >= 0.6 is 0 Å². The first-order valence-electron chi connectivity index (χ1n) is 4.22. The van der Waals surface area contributed by atoms with E-state index < -0.39 is 6.10 Å². The van der Waals surface area contributed by atoms with Crippen molar-refractivity contribution < 1.29 is 9.52 Å². The van der Waals surface area contributed by atoms with Gasteiger partial charge in [0.15, 0.2) is 5.58 Å². The summed E-state index contributed by atoms with van der Waals surface area (Å²) in [7, 11) is 0. The second-order valence-corrected chi connectivity index (χ2v) is 3.20. The quantitative estimate of drug-likeness (QED) is 0.726. The lowest BCUT2D eigenvalue weighted by molar-refractivity contribution is 0.165. The Bertz CT molecular complexity index is 431. The Kier molecular flexibility index (Phi) is 1.81. The lowest BCUT2D eigenvalue weighted by atomic mass is 10.2. The predicted molar refractivity (Wildman–Crippen MR) is 49.4 cm³/mol. The van der Waals surface area contributed by atoms with Crippen LogP contribution in [0, 0.1) is 6.92 Å². The predicted octanol–water partition coefficient (Wildman–Crippen LogP) is 2.19. The van der Waals surface area contributed by atoms with Crippen molar-refractivity contribution in [1.29, 1.82) is 0 Å². The Labute approximate surface area is 76.0 Å². The van der Waals surface area contributed by atoms with Crippen LogP contribution in [0.25, 0.3) is 11.1 Å². The normalized spacial score (nSPS) is 13.5. The number of hydrogen-bond donors (Lipinski definition) is 1. The maximum atomic E-state index is 9.24. The zero-order valence-electron chi connectivity index (χ0n) is 7.61. The number of benzene rings is 1.